The van der Waals surface area contributed by atoms with Crippen LogP contribution in [-0.4, -0.2) is 28.7 Å². The maximum Gasteiger partial charge on any atom is 0.218 e. The number of rotatable bonds is 5. The number of nitrogens with two attached hydrogens (primary N) is 1. The van der Waals surface area contributed by atoms with Gasteiger partial charge >= 0.3 is 0 Å². The fourth-order valence-corrected chi connectivity index (χ4v) is 2.47. The number of ether oxygens (including phenoxy) is 1. The van der Waals surface area contributed by atoms with Gasteiger partial charge < -0.3 is 15.8 Å². The lowest BCUT2D eigenvalue weighted by molar-refractivity contribution is 0.232. The van der Waals surface area contributed by atoms with Crippen molar-refractivity contribution in [2.45, 2.75) is 51.7 Å². The molecule has 1 fully saturated rings. The molecule has 1 saturated carbocycles. The predicted molar refractivity (Wildman–Crippen MR) is 76.2 cm³/mol. The number of hydrogen-bond acceptors (Lipinski definition) is 5. The van der Waals surface area contributed by atoms with Crippen molar-refractivity contribution in [2.24, 2.45) is 11.7 Å². The molecule has 1 aromatic rings. The summed E-state index contributed by atoms with van der Waals surface area (Å²) in [5, 5.41) is 3.35. The average molecular weight is 264 g/mol. The maximum absolute atomic E-state index is 6.14. The van der Waals surface area contributed by atoms with Crippen LogP contribution in [0.1, 0.15) is 39.5 Å². The zero-order valence-corrected chi connectivity index (χ0v) is 11.8. The molecule has 2 rings (SSSR count). The second kappa shape index (κ2) is 6.70. The standard InChI is InChI=1S/C14H24N4O/c1-10(2)19-14-7-13(17-9-18-14)16-8-11-5-3-4-6-12(11)15/h7,9-12H,3-6,8,15H2,1-2H3,(H,16,17,18). The van der Waals surface area contributed by atoms with Gasteiger partial charge in [0, 0.05) is 18.7 Å². The average Bonchev–Trinajstić information content (AvgIpc) is 2.37. The Kier molecular flexibility index (Phi) is 4.96. The molecule has 0 saturated heterocycles. The number of hydrogen-bond donors (Lipinski definition) is 2. The van der Waals surface area contributed by atoms with Gasteiger partial charge in [0.05, 0.1) is 6.10 Å². The Hall–Kier alpha value is -1.36. The van der Waals surface area contributed by atoms with E-state index in [1.165, 1.54) is 25.6 Å². The SMILES string of the molecule is CC(C)Oc1cc(NCC2CCCCC2N)ncn1. The Morgan fingerprint density at radius 3 is 2.89 bits per heavy atom. The van der Waals surface area contributed by atoms with Crippen LogP contribution in [0.3, 0.4) is 0 Å². The Labute approximate surface area is 115 Å². The third-order valence-electron chi connectivity index (χ3n) is 3.51. The van der Waals surface area contributed by atoms with Crippen molar-refractivity contribution in [1.29, 1.82) is 0 Å². The Bertz CT molecular complexity index is 397. The molecular weight excluding hydrogens is 240 g/mol. The smallest absolute Gasteiger partial charge is 0.218 e. The zero-order chi connectivity index (χ0) is 13.7. The van der Waals surface area contributed by atoms with Gasteiger partial charge in [0.25, 0.3) is 0 Å². The van der Waals surface area contributed by atoms with Crippen LogP contribution in [0, 0.1) is 5.92 Å². The Morgan fingerprint density at radius 2 is 2.16 bits per heavy atom. The third-order valence-corrected chi connectivity index (χ3v) is 3.51. The molecule has 0 amide bonds. The summed E-state index contributed by atoms with van der Waals surface area (Å²) in [6, 6.07) is 2.16. The van der Waals surface area contributed by atoms with Crippen LogP contribution < -0.4 is 15.8 Å². The highest BCUT2D eigenvalue weighted by Gasteiger charge is 2.21. The molecule has 2 atom stereocenters. The minimum absolute atomic E-state index is 0.120. The van der Waals surface area contributed by atoms with E-state index < -0.39 is 0 Å². The van der Waals surface area contributed by atoms with E-state index in [2.05, 4.69) is 15.3 Å². The largest absolute Gasteiger partial charge is 0.475 e. The molecule has 5 nitrogen and oxygen atoms in total. The fourth-order valence-electron chi connectivity index (χ4n) is 2.47. The van der Waals surface area contributed by atoms with Crippen molar-refractivity contribution in [3.8, 4) is 5.88 Å². The molecule has 0 aromatic carbocycles. The van der Waals surface area contributed by atoms with Gasteiger partial charge in [-0.15, -0.1) is 0 Å². The number of nitrogens with zero attached hydrogens (tertiary/aromatic N) is 2. The van der Waals surface area contributed by atoms with Crippen molar-refractivity contribution in [1.82, 2.24) is 9.97 Å². The second-order valence-electron chi connectivity index (χ2n) is 5.50. The molecule has 19 heavy (non-hydrogen) atoms. The van der Waals surface area contributed by atoms with Gasteiger partial charge in [-0.2, -0.15) is 0 Å². The minimum Gasteiger partial charge on any atom is -0.475 e. The summed E-state index contributed by atoms with van der Waals surface area (Å²) in [5.41, 5.74) is 6.14. The molecule has 0 bridgehead atoms. The van der Waals surface area contributed by atoms with Gasteiger partial charge in [-0.25, -0.2) is 9.97 Å². The van der Waals surface area contributed by atoms with Gasteiger partial charge in [0.15, 0.2) is 0 Å². The van der Waals surface area contributed by atoms with Crippen molar-refractivity contribution >= 4 is 5.82 Å². The molecule has 1 heterocycles. The van der Waals surface area contributed by atoms with Crippen LogP contribution in [-0.2, 0) is 0 Å². The summed E-state index contributed by atoms with van der Waals surface area (Å²) >= 11 is 0. The summed E-state index contributed by atoms with van der Waals surface area (Å²) in [6.45, 7) is 4.84. The van der Waals surface area contributed by atoms with Crippen LogP contribution in [0.4, 0.5) is 5.82 Å². The van der Waals surface area contributed by atoms with Gasteiger partial charge in [0.1, 0.15) is 12.1 Å². The van der Waals surface area contributed by atoms with Gasteiger partial charge in [0.2, 0.25) is 5.88 Å². The molecule has 0 spiro atoms. The van der Waals surface area contributed by atoms with Crippen molar-refractivity contribution in [3.05, 3.63) is 12.4 Å². The number of nitrogens with one attached hydrogen (secondary N) is 1. The maximum atomic E-state index is 6.14. The first kappa shape index (κ1) is 14.1. The molecule has 0 aliphatic heterocycles. The second-order valence-corrected chi connectivity index (χ2v) is 5.50. The molecular formula is C14H24N4O. The molecule has 1 aliphatic rings. The number of aromatic nitrogens is 2. The first-order chi connectivity index (χ1) is 9.15. The van der Waals surface area contributed by atoms with E-state index in [9.17, 15) is 0 Å². The lowest BCUT2D eigenvalue weighted by Gasteiger charge is -2.28. The van der Waals surface area contributed by atoms with E-state index >= 15 is 0 Å². The zero-order valence-electron chi connectivity index (χ0n) is 11.8. The van der Waals surface area contributed by atoms with E-state index in [4.69, 9.17) is 10.5 Å². The quantitative estimate of drug-likeness (QED) is 0.853. The van der Waals surface area contributed by atoms with E-state index in [1.807, 2.05) is 19.9 Å². The minimum atomic E-state index is 0.120. The van der Waals surface area contributed by atoms with Crippen molar-refractivity contribution < 1.29 is 4.74 Å². The van der Waals surface area contributed by atoms with Gasteiger partial charge in [-0.3, -0.25) is 0 Å². The van der Waals surface area contributed by atoms with E-state index in [0.29, 0.717) is 17.8 Å². The highest BCUT2D eigenvalue weighted by molar-refractivity contribution is 5.37. The monoisotopic (exact) mass is 264 g/mol. The highest BCUT2D eigenvalue weighted by Crippen LogP contribution is 2.23. The summed E-state index contributed by atoms with van der Waals surface area (Å²) in [6.07, 6.45) is 6.53. The molecule has 1 aliphatic carbocycles. The van der Waals surface area contributed by atoms with Crippen LogP contribution in [0.15, 0.2) is 12.4 Å². The van der Waals surface area contributed by atoms with Crippen LogP contribution >= 0.6 is 0 Å². The highest BCUT2D eigenvalue weighted by atomic mass is 16.5. The summed E-state index contributed by atoms with van der Waals surface area (Å²) < 4.78 is 5.55. The molecule has 106 valence electrons. The third kappa shape index (κ3) is 4.35. The van der Waals surface area contributed by atoms with Crippen LogP contribution in [0.2, 0.25) is 0 Å². The number of anilines is 1. The van der Waals surface area contributed by atoms with E-state index in [-0.39, 0.29) is 6.10 Å². The molecule has 3 N–H and O–H groups in total. The van der Waals surface area contributed by atoms with E-state index in [0.717, 1.165) is 18.8 Å². The fraction of sp³-hybridized carbons (Fsp3) is 0.714. The van der Waals surface area contributed by atoms with Crippen molar-refractivity contribution in [3.63, 3.8) is 0 Å². The molecule has 5 heteroatoms. The predicted octanol–water partition coefficient (Wildman–Crippen LogP) is 2.19. The lowest BCUT2D eigenvalue weighted by Crippen LogP contribution is -2.37. The Balaban J connectivity index is 1.88. The summed E-state index contributed by atoms with van der Waals surface area (Å²) in [5.74, 6) is 1.96. The molecule has 0 radical (unpaired) electrons. The molecule has 1 aromatic heterocycles. The van der Waals surface area contributed by atoms with Crippen LogP contribution in [0.25, 0.3) is 0 Å². The topological polar surface area (TPSA) is 73.1 Å². The van der Waals surface area contributed by atoms with E-state index in [1.54, 1.807) is 0 Å². The first-order valence-corrected chi connectivity index (χ1v) is 7.13. The Morgan fingerprint density at radius 1 is 1.37 bits per heavy atom. The molecule has 2 unspecified atom stereocenters. The first-order valence-electron chi connectivity index (χ1n) is 7.13. The van der Waals surface area contributed by atoms with Crippen molar-refractivity contribution in [2.75, 3.05) is 11.9 Å². The van der Waals surface area contributed by atoms with Crippen LogP contribution in [0.5, 0.6) is 5.88 Å². The summed E-state index contributed by atoms with van der Waals surface area (Å²) in [7, 11) is 0. The van der Waals surface area contributed by atoms with Gasteiger partial charge in [-0.05, 0) is 32.6 Å². The van der Waals surface area contributed by atoms with Gasteiger partial charge in [-0.1, -0.05) is 12.8 Å². The lowest BCUT2D eigenvalue weighted by atomic mass is 9.85. The summed E-state index contributed by atoms with van der Waals surface area (Å²) in [4.78, 5) is 8.30. The normalized spacial score (nSPS) is 23.4.